The van der Waals surface area contributed by atoms with Gasteiger partial charge in [0, 0.05) is 0 Å². The minimum absolute atomic E-state index is 0.0396. The van der Waals surface area contributed by atoms with Crippen molar-refractivity contribution in [2.75, 3.05) is 0 Å². The van der Waals surface area contributed by atoms with Crippen LogP contribution in [0.4, 0.5) is 0 Å². The third-order valence-corrected chi connectivity index (χ3v) is 4.11. The summed E-state index contributed by atoms with van der Waals surface area (Å²) in [6.45, 7) is 3.40. The molecule has 1 aliphatic rings. The minimum Gasteiger partial charge on any atom is -0.478 e. The monoisotopic (exact) mass is 291 g/mol. The van der Waals surface area contributed by atoms with Gasteiger partial charge in [-0.15, -0.1) is 0 Å². The summed E-state index contributed by atoms with van der Waals surface area (Å²) in [5, 5.41) is 22.1. The fraction of sp³-hybridized carbons (Fsp3) is 0.500. The number of aliphatic hydroxyl groups excluding tert-OH is 1. The van der Waals surface area contributed by atoms with Crippen LogP contribution < -0.4 is 5.32 Å². The van der Waals surface area contributed by atoms with Crippen molar-refractivity contribution in [1.82, 2.24) is 5.32 Å². The molecule has 0 aromatic heterocycles. The Balaban J connectivity index is 2.30. The van der Waals surface area contributed by atoms with E-state index in [1.165, 1.54) is 0 Å². The smallest absolute Gasteiger partial charge is 0.336 e. The quantitative estimate of drug-likeness (QED) is 0.795. The molecule has 0 aliphatic heterocycles. The normalized spacial score (nSPS) is 21.9. The van der Waals surface area contributed by atoms with Crippen LogP contribution in [0.2, 0.25) is 0 Å². The van der Waals surface area contributed by atoms with Crippen LogP contribution >= 0.6 is 0 Å². The Bertz CT molecular complexity index is 568. The molecule has 21 heavy (non-hydrogen) atoms. The number of carbonyl (C=O) groups is 2. The van der Waals surface area contributed by atoms with Gasteiger partial charge in [0.25, 0.3) is 5.91 Å². The number of hydrogen-bond acceptors (Lipinski definition) is 3. The first-order valence-corrected chi connectivity index (χ1v) is 7.24. The van der Waals surface area contributed by atoms with Crippen LogP contribution in [0.1, 0.15) is 57.5 Å². The van der Waals surface area contributed by atoms with E-state index in [1.54, 1.807) is 26.0 Å². The predicted octanol–water partition coefficient (Wildman–Crippen LogP) is 2.03. The average Bonchev–Trinajstić information content (AvgIpc) is 2.43. The number of aliphatic hydroxyl groups is 1. The van der Waals surface area contributed by atoms with Crippen molar-refractivity contribution >= 4 is 11.9 Å². The molecule has 1 aromatic carbocycles. The zero-order chi connectivity index (χ0) is 15.6. The van der Waals surface area contributed by atoms with Crippen molar-refractivity contribution in [1.29, 1.82) is 0 Å². The van der Waals surface area contributed by atoms with Gasteiger partial charge in [0.1, 0.15) is 0 Å². The van der Waals surface area contributed by atoms with Gasteiger partial charge < -0.3 is 15.5 Å². The van der Waals surface area contributed by atoms with Gasteiger partial charge in [-0.3, -0.25) is 4.79 Å². The molecule has 5 nitrogen and oxygen atoms in total. The van der Waals surface area contributed by atoms with Crippen LogP contribution in [0.15, 0.2) is 12.1 Å². The van der Waals surface area contributed by atoms with Gasteiger partial charge in [-0.1, -0.05) is 25.0 Å². The summed E-state index contributed by atoms with van der Waals surface area (Å²) in [6.07, 6.45) is 2.75. The first-order valence-electron chi connectivity index (χ1n) is 7.24. The van der Waals surface area contributed by atoms with Crippen molar-refractivity contribution < 1.29 is 19.8 Å². The summed E-state index contributed by atoms with van der Waals surface area (Å²) in [6, 6.07) is 3.15. The molecular formula is C16H21NO4. The molecule has 1 saturated carbocycles. The van der Waals surface area contributed by atoms with Crippen molar-refractivity contribution in [2.24, 2.45) is 0 Å². The topological polar surface area (TPSA) is 86.6 Å². The minimum atomic E-state index is -1.11. The molecule has 0 spiro atoms. The zero-order valence-electron chi connectivity index (χ0n) is 12.3. The van der Waals surface area contributed by atoms with Crippen molar-refractivity contribution in [3.05, 3.63) is 34.4 Å². The molecule has 1 fully saturated rings. The molecule has 3 N–H and O–H groups in total. The van der Waals surface area contributed by atoms with Crippen LogP contribution in [-0.2, 0) is 0 Å². The largest absolute Gasteiger partial charge is 0.478 e. The number of carboxylic acid groups (broad SMARTS) is 1. The standard InChI is InChI=1S/C16H21NO4/c1-9-7-8-10(2)14(16(20)21)13(9)15(19)17-11-5-3-4-6-12(11)18/h7-8,11-12,18H,3-6H2,1-2H3,(H,17,19)(H,20,21). The fourth-order valence-corrected chi connectivity index (χ4v) is 2.90. The third kappa shape index (κ3) is 3.24. The number of nitrogens with one attached hydrogen (secondary N) is 1. The van der Waals surface area contributed by atoms with Gasteiger partial charge in [0.2, 0.25) is 0 Å². The number of aromatic carboxylic acids is 1. The van der Waals surface area contributed by atoms with Crippen LogP contribution in [0, 0.1) is 13.8 Å². The van der Waals surface area contributed by atoms with Crippen LogP contribution in [0.3, 0.4) is 0 Å². The second kappa shape index (κ2) is 6.26. The molecule has 2 unspecified atom stereocenters. The number of aryl methyl sites for hydroxylation is 2. The highest BCUT2D eigenvalue weighted by Gasteiger charge is 2.27. The highest BCUT2D eigenvalue weighted by molar-refractivity contribution is 6.06. The van der Waals surface area contributed by atoms with Crippen LogP contribution in [0.5, 0.6) is 0 Å². The van der Waals surface area contributed by atoms with E-state index >= 15 is 0 Å². The molecule has 5 heteroatoms. The van der Waals surface area contributed by atoms with E-state index in [0.29, 0.717) is 17.5 Å². The molecule has 1 aliphatic carbocycles. The van der Waals surface area contributed by atoms with Crippen molar-refractivity contribution in [3.8, 4) is 0 Å². The lowest BCUT2D eigenvalue weighted by Crippen LogP contribution is -2.45. The number of benzene rings is 1. The molecule has 114 valence electrons. The van der Waals surface area contributed by atoms with E-state index in [9.17, 15) is 19.8 Å². The summed E-state index contributed by atoms with van der Waals surface area (Å²) in [5.41, 5.74) is 1.42. The molecule has 0 bridgehead atoms. The maximum absolute atomic E-state index is 12.5. The highest BCUT2D eigenvalue weighted by atomic mass is 16.4. The van der Waals surface area contributed by atoms with E-state index in [1.807, 2.05) is 0 Å². The molecular weight excluding hydrogens is 270 g/mol. The molecule has 0 saturated heterocycles. The Kier molecular flexibility index (Phi) is 4.63. The van der Waals surface area contributed by atoms with E-state index < -0.39 is 18.0 Å². The lowest BCUT2D eigenvalue weighted by Gasteiger charge is -2.28. The second-order valence-electron chi connectivity index (χ2n) is 5.69. The summed E-state index contributed by atoms with van der Waals surface area (Å²) < 4.78 is 0. The Morgan fingerprint density at radius 1 is 1.10 bits per heavy atom. The van der Waals surface area contributed by atoms with Crippen molar-refractivity contribution in [3.63, 3.8) is 0 Å². The maximum atomic E-state index is 12.5. The van der Waals surface area contributed by atoms with E-state index in [2.05, 4.69) is 5.32 Å². The van der Waals surface area contributed by atoms with Gasteiger partial charge >= 0.3 is 5.97 Å². The van der Waals surface area contributed by atoms with E-state index in [-0.39, 0.29) is 17.2 Å². The SMILES string of the molecule is Cc1ccc(C)c(C(=O)NC2CCCCC2O)c1C(=O)O. The van der Waals surface area contributed by atoms with Gasteiger partial charge in [-0.25, -0.2) is 4.79 Å². The highest BCUT2D eigenvalue weighted by Crippen LogP contribution is 2.22. The molecule has 2 atom stereocenters. The summed E-state index contributed by atoms with van der Waals surface area (Å²) in [4.78, 5) is 23.9. The summed E-state index contributed by atoms with van der Waals surface area (Å²) >= 11 is 0. The first kappa shape index (κ1) is 15.5. The Morgan fingerprint density at radius 2 is 1.67 bits per heavy atom. The number of rotatable bonds is 3. The Morgan fingerprint density at radius 3 is 2.24 bits per heavy atom. The van der Waals surface area contributed by atoms with Gasteiger partial charge in [-0.2, -0.15) is 0 Å². The van der Waals surface area contributed by atoms with Crippen LogP contribution in [-0.4, -0.2) is 34.2 Å². The zero-order valence-corrected chi connectivity index (χ0v) is 12.3. The molecule has 2 rings (SSSR count). The fourth-order valence-electron chi connectivity index (χ4n) is 2.90. The summed E-state index contributed by atoms with van der Waals surface area (Å²) in [5.74, 6) is -1.52. The summed E-state index contributed by atoms with van der Waals surface area (Å²) in [7, 11) is 0. The third-order valence-electron chi connectivity index (χ3n) is 4.11. The lowest BCUT2D eigenvalue weighted by atomic mass is 9.91. The molecule has 0 radical (unpaired) electrons. The maximum Gasteiger partial charge on any atom is 0.336 e. The van der Waals surface area contributed by atoms with Crippen molar-refractivity contribution in [2.45, 2.75) is 51.7 Å². The average molecular weight is 291 g/mol. The molecule has 0 heterocycles. The van der Waals surface area contributed by atoms with Gasteiger partial charge in [-0.05, 0) is 37.8 Å². The number of carboxylic acids is 1. The van der Waals surface area contributed by atoms with Crippen LogP contribution in [0.25, 0.3) is 0 Å². The molecule has 1 amide bonds. The van der Waals surface area contributed by atoms with Gasteiger partial charge in [0.05, 0.1) is 23.3 Å². The first-order chi connectivity index (χ1) is 9.91. The van der Waals surface area contributed by atoms with E-state index in [0.717, 1.165) is 19.3 Å². The lowest BCUT2D eigenvalue weighted by molar-refractivity contribution is 0.0673. The Labute approximate surface area is 124 Å². The Hall–Kier alpha value is -1.88. The van der Waals surface area contributed by atoms with Gasteiger partial charge in [0.15, 0.2) is 0 Å². The van der Waals surface area contributed by atoms with E-state index in [4.69, 9.17) is 0 Å². The predicted molar refractivity (Wildman–Crippen MR) is 78.6 cm³/mol. The second-order valence-corrected chi connectivity index (χ2v) is 5.69. The number of amides is 1. The molecule has 1 aromatic rings. The number of hydrogen-bond donors (Lipinski definition) is 3. The number of carbonyl (C=O) groups excluding carboxylic acids is 1.